The first-order valence-corrected chi connectivity index (χ1v) is 7.72. The standard InChI is InChI=1S/C14H19IN2O2/c15-11-3-4-13(18)12(8-11)14(19)17-7-5-10-2-1-6-16-9-10/h3-4,8,10,16,18H,1-2,5-7,9H2,(H,17,19). The van der Waals surface area contributed by atoms with Crippen LogP contribution in [0.3, 0.4) is 0 Å². The van der Waals surface area contributed by atoms with Crippen LogP contribution in [-0.4, -0.2) is 30.6 Å². The molecule has 2 rings (SSSR count). The minimum Gasteiger partial charge on any atom is -0.507 e. The van der Waals surface area contributed by atoms with E-state index in [1.807, 2.05) is 0 Å². The smallest absolute Gasteiger partial charge is 0.255 e. The number of carbonyl (C=O) groups excluding carboxylic acids is 1. The molecule has 3 N–H and O–H groups in total. The third-order valence-corrected chi connectivity index (χ3v) is 4.11. The van der Waals surface area contributed by atoms with Gasteiger partial charge in [0.2, 0.25) is 0 Å². The van der Waals surface area contributed by atoms with E-state index in [9.17, 15) is 9.90 Å². The second-order valence-corrected chi connectivity index (χ2v) is 6.16. The molecule has 1 fully saturated rings. The number of carbonyl (C=O) groups is 1. The summed E-state index contributed by atoms with van der Waals surface area (Å²) in [4.78, 5) is 12.0. The van der Waals surface area contributed by atoms with Crippen LogP contribution >= 0.6 is 22.6 Å². The number of phenolic OH excluding ortho intramolecular Hbond substituents is 1. The molecular formula is C14H19IN2O2. The lowest BCUT2D eigenvalue weighted by atomic mass is 9.96. The van der Waals surface area contributed by atoms with Gasteiger partial charge in [0.1, 0.15) is 5.75 Å². The van der Waals surface area contributed by atoms with E-state index in [0.29, 0.717) is 18.0 Å². The number of nitrogens with one attached hydrogen (secondary N) is 2. The number of aromatic hydroxyl groups is 1. The Kier molecular flexibility index (Phi) is 5.45. The molecule has 1 saturated heterocycles. The SMILES string of the molecule is O=C(NCCC1CCCNC1)c1cc(I)ccc1O. The van der Waals surface area contributed by atoms with Crippen molar-refractivity contribution >= 4 is 28.5 Å². The molecule has 1 aromatic rings. The summed E-state index contributed by atoms with van der Waals surface area (Å²) in [6.07, 6.45) is 3.44. The molecule has 0 radical (unpaired) electrons. The number of hydrogen-bond donors (Lipinski definition) is 3. The summed E-state index contributed by atoms with van der Waals surface area (Å²) in [5.41, 5.74) is 0.355. The fraction of sp³-hybridized carbons (Fsp3) is 0.500. The predicted molar refractivity (Wildman–Crippen MR) is 83.4 cm³/mol. The van der Waals surface area contributed by atoms with Gasteiger partial charge in [0.15, 0.2) is 0 Å². The normalized spacial score (nSPS) is 19.1. The van der Waals surface area contributed by atoms with E-state index < -0.39 is 0 Å². The van der Waals surface area contributed by atoms with Gasteiger partial charge in [-0.3, -0.25) is 4.79 Å². The molecule has 104 valence electrons. The van der Waals surface area contributed by atoms with Crippen LogP contribution in [-0.2, 0) is 0 Å². The van der Waals surface area contributed by atoms with Crippen molar-refractivity contribution in [3.63, 3.8) is 0 Å². The van der Waals surface area contributed by atoms with Crippen molar-refractivity contribution in [3.8, 4) is 5.75 Å². The van der Waals surface area contributed by atoms with Gasteiger partial charge in [-0.05, 0) is 79.1 Å². The summed E-state index contributed by atoms with van der Waals surface area (Å²) in [7, 11) is 0. The third-order valence-electron chi connectivity index (χ3n) is 3.44. The average molecular weight is 374 g/mol. The number of piperidine rings is 1. The Balaban J connectivity index is 1.82. The number of halogens is 1. The Morgan fingerprint density at radius 2 is 2.37 bits per heavy atom. The molecule has 1 aromatic carbocycles. The van der Waals surface area contributed by atoms with Gasteiger partial charge in [0.05, 0.1) is 5.56 Å². The molecule has 0 saturated carbocycles. The van der Waals surface area contributed by atoms with Crippen molar-refractivity contribution in [3.05, 3.63) is 27.3 Å². The van der Waals surface area contributed by atoms with Gasteiger partial charge in [-0.15, -0.1) is 0 Å². The second-order valence-electron chi connectivity index (χ2n) is 4.92. The molecule has 1 aliphatic rings. The Bertz CT molecular complexity index is 445. The van der Waals surface area contributed by atoms with E-state index in [4.69, 9.17) is 0 Å². The maximum Gasteiger partial charge on any atom is 0.255 e. The molecule has 1 aliphatic heterocycles. The highest BCUT2D eigenvalue weighted by molar-refractivity contribution is 14.1. The largest absolute Gasteiger partial charge is 0.507 e. The second kappa shape index (κ2) is 7.09. The maximum atomic E-state index is 12.0. The molecule has 1 heterocycles. The lowest BCUT2D eigenvalue weighted by Crippen LogP contribution is -2.33. The van der Waals surface area contributed by atoms with Gasteiger partial charge in [-0.25, -0.2) is 0 Å². The Hall–Kier alpha value is -0.820. The van der Waals surface area contributed by atoms with Crippen LogP contribution < -0.4 is 10.6 Å². The fourth-order valence-corrected chi connectivity index (χ4v) is 2.84. The lowest BCUT2D eigenvalue weighted by Gasteiger charge is -2.22. The molecule has 1 amide bonds. The molecule has 1 atom stereocenters. The highest BCUT2D eigenvalue weighted by atomic mass is 127. The van der Waals surface area contributed by atoms with Gasteiger partial charge < -0.3 is 15.7 Å². The first-order valence-electron chi connectivity index (χ1n) is 6.64. The molecule has 19 heavy (non-hydrogen) atoms. The average Bonchev–Trinajstić information content (AvgIpc) is 2.42. The van der Waals surface area contributed by atoms with E-state index in [1.54, 1.807) is 18.2 Å². The number of hydrogen-bond acceptors (Lipinski definition) is 3. The molecule has 5 heteroatoms. The van der Waals surface area contributed by atoms with E-state index in [1.165, 1.54) is 12.8 Å². The number of rotatable bonds is 4. The van der Waals surface area contributed by atoms with Crippen LogP contribution in [0.4, 0.5) is 0 Å². The van der Waals surface area contributed by atoms with Crippen molar-refractivity contribution in [1.29, 1.82) is 0 Å². The molecule has 1 unspecified atom stereocenters. The van der Waals surface area contributed by atoms with Crippen LogP contribution in [0.25, 0.3) is 0 Å². The molecule has 0 bridgehead atoms. The fourth-order valence-electron chi connectivity index (χ4n) is 2.35. The van der Waals surface area contributed by atoms with Gasteiger partial charge in [-0.1, -0.05) is 0 Å². The van der Waals surface area contributed by atoms with Gasteiger partial charge in [0.25, 0.3) is 5.91 Å². The number of amides is 1. The van der Waals surface area contributed by atoms with Crippen molar-refractivity contribution in [1.82, 2.24) is 10.6 Å². The summed E-state index contributed by atoms with van der Waals surface area (Å²) in [6, 6.07) is 5.04. The monoisotopic (exact) mass is 374 g/mol. The number of benzene rings is 1. The molecule has 0 aliphatic carbocycles. The van der Waals surface area contributed by atoms with Crippen molar-refractivity contribution < 1.29 is 9.90 Å². The van der Waals surface area contributed by atoms with Crippen molar-refractivity contribution in [2.24, 2.45) is 5.92 Å². The summed E-state index contributed by atoms with van der Waals surface area (Å²) in [5.74, 6) is 0.496. The van der Waals surface area contributed by atoms with Crippen molar-refractivity contribution in [2.75, 3.05) is 19.6 Å². The summed E-state index contributed by atoms with van der Waals surface area (Å²) < 4.78 is 0.942. The maximum absolute atomic E-state index is 12.0. The molecule has 0 aromatic heterocycles. The summed E-state index contributed by atoms with van der Waals surface area (Å²) in [5, 5.41) is 15.9. The van der Waals surface area contributed by atoms with Crippen LogP contribution in [0.5, 0.6) is 5.75 Å². The topological polar surface area (TPSA) is 61.4 Å². The highest BCUT2D eigenvalue weighted by Gasteiger charge is 2.14. The summed E-state index contributed by atoms with van der Waals surface area (Å²) >= 11 is 2.13. The molecule has 4 nitrogen and oxygen atoms in total. The highest BCUT2D eigenvalue weighted by Crippen LogP contribution is 2.19. The summed E-state index contributed by atoms with van der Waals surface area (Å²) in [6.45, 7) is 2.82. The van der Waals surface area contributed by atoms with E-state index in [0.717, 1.165) is 23.1 Å². The van der Waals surface area contributed by atoms with Crippen molar-refractivity contribution in [2.45, 2.75) is 19.3 Å². The first kappa shape index (κ1) is 14.6. The predicted octanol–water partition coefficient (Wildman–Crippen LogP) is 2.12. The Morgan fingerprint density at radius 3 is 3.11 bits per heavy atom. The van der Waals surface area contributed by atoms with E-state index in [2.05, 4.69) is 33.2 Å². The van der Waals surface area contributed by atoms with Gasteiger partial charge >= 0.3 is 0 Å². The van der Waals surface area contributed by atoms with Crippen LogP contribution in [0.2, 0.25) is 0 Å². The van der Waals surface area contributed by atoms with Gasteiger partial charge in [-0.2, -0.15) is 0 Å². The van der Waals surface area contributed by atoms with Gasteiger partial charge in [0, 0.05) is 10.1 Å². The van der Waals surface area contributed by atoms with E-state index in [-0.39, 0.29) is 11.7 Å². The van der Waals surface area contributed by atoms with Crippen LogP contribution in [0, 0.1) is 9.49 Å². The lowest BCUT2D eigenvalue weighted by molar-refractivity contribution is 0.0948. The zero-order chi connectivity index (χ0) is 13.7. The minimum atomic E-state index is -0.195. The molecular weight excluding hydrogens is 355 g/mol. The number of phenols is 1. The van der Waals surface area contributed by atoms with Crippen LogP contribution in [0.1, 0.15) is 29.6 Å². The van der Waals surface area contributed by atoms with E-state index >= 15 is 0 Å². The minimum absolute atomic E-state index is 0.0391. The first-order chi connectivity index (χ1) is 9.16. The quantitative estimate of drug-likeness (QED) is 0.708. The zero-order valence-corrected chi connectivity index (χ0v) is 12.9. The Morgan fingerprint density at radius 1 is 1.53 bits per heavy atom. The third kappa shape index (κ3) is 4.35. The van der Waals surface area contributed by atoms with Crippen LogP contribution in [0.15, 0.2) is 18.2 Å². The Labute approximate surface area is 127 Å². The zero-order valence-electron chi connectivity index (χ0n) is 10.8. The molecule has 0 spiro atoms.